The van der Waals surface area contributed by atoms with Crippen molar-refractivity contribution in [1.29, 1.82) is 0 Å². The quantitative estimate of drug-likeness (QED) is 0.882. The third-order valence-electron chi connectivity index (χ3n) is 2.72. The van der Waals surface area contributed by atoms with Gasteiger partial charge >= 0.3 is 0 Å². The second-order valence-corrected chi connectivity index (χ2v) is 4.96. The average Bonchev–Trinajstić information content (AvgIpc) is 2.71. The Labute approximate surface area is 93.0 Å². The first-order chi connectivity index (χ1) is 6.70. The molecule has 1 aromatic rings. The summed E-state index contributed by atoms with van der Waals surface area (Å²) in [6, 6.07) is 0.442. The maximum atomic E-state index is 4.40. The van der Waals surface area contributed by atoms with Crippen molar-refractivity contribution >= 4 is 15.9 Å². The van der Waals surface area contributed by atoms with E-state index in [1.807, 2.05) is 6.20 Å². The van der Waals surface area contributed by atoms with Gasteiger partial charge in [-0.1, -0.05) is 0 Å². The first kappa shape index (κ1) is 10.2. The van der Waals surface area contributed by atoms with E-state index in [9.17, 15) is 0 Å². The summed E-state index contributed by atoms with van der Waals surface area (Å²) < 4.78 is 3.28. The number of hydrogen-bond acceptors (Lipinski definition) is 2. The van der Waals surface area contributed by atoms with Crippen molar-refractivity contribution in [3.05, 3.63) is 16.4 Å². The van der Waals surface area contributed by atoms with Crippen molar-refractivity contribution in [3.8, 4) is 0 Å². The smallest absolute Gasteiger partial charge is 0.0635 e. The zero-order chi connectivity index (χ0) is 10.1. The lowest BCUT2D eigenvalue weighted by molar-refractivity contribution is 0.490. The maximum Gasteiger partial charge on any atom is 0.0635 e. The molecule has 0 bridgehead atoms. The lowest BCUT2D eigenvalue weighted by atomic mass is 10.0. The van der Waals surface area contributed by atoms with Crippen LogP contribution in [0.3, 0.4) is 0 Å². The fourth-order valence-corrected chi connectivity index (χ4v) is 2.63. The monoisotopic (exact) mass is 257 g/mol. The van der Waals surface area contributed by atoms with Crippen LogP contribution in [-0.4, -0.2) is 22.9 Å². The first-order valence-corrected chi connectivity index (χ1v) is 5.93. The minimum Gasteiger partial charge on any atom is -0.316 e. The molecule has 2 rings (SSSR count). The number of nitrogens with one attached hydrogen (secondary N) is 1. The molecule has 0 radical (unpaired) electrons. The predicted octanol–water partition coefficient (Wildman–Crippen LogP) is 2.30. The first-order valence-electron chi connectivity index (χ1n) is 5.13. The van der Waals surface area contributed by atoms with Gasteiger partial charge in [0.1, 0.15) is 0 Å². The van der Waals surface area contributed by atoms with Gasteiger partial charge in [0.05, 0.1) is 16.4 Å². The number of halogens is 1. The SMILES string of the molecule is CC(C)n1ncc(Br)c1C1CCNC1. The van der Waals surface area contributed by atoms with Gasteiger partial charge in [-0.25, -0.2) is 0 Å². The molecule has 1 N–H and O–H groups in total. The normalized spacial score (nSPS) is 22.1. The Bertz CT molecular complexity index is 313. The second kappa shape index (κ2) is 4.03. The molecule has 0 saturated carbocycles. The van der Waals surface area contributed by atoms with E-state index < -0.39 is 0 Å². The fourth-order valence-electron chi connectivity index (χ4n) is 2.03. The van der Waals surface area contributed by atoms with E-state index in [0.717, 1.165) is 17.6 Å². The van der Waals surface area contributed by atoms with E-state index >= 15 is 0 Å². The van der Waals surface area contributed by atoms with Crippen LogP contribution >= 0.6 is 15.9 Å². The Morgan fingerprint density at radius 2 is 2.43 bits per heavy atom. The Morgan fingerprint density at radius 3 is 3.00 bits per heavy atom. The van der Waals surface area contributed by atoms with Crippen LogP contribution < -0.4 is 5.32 Å². The van der Waals surface area contributed by atoms with Crippen LogP contribution in [0.5, 0.6) is 0 Å². The number of nitrogens with zero attached hydrogens (tertiary/aromatic N) is 2. The highest BCUT2D eigenvalue weighted by Gasteiger charge is 2.24. The van der Waals surface area contributed by atoms with Crippen molar-refractivity contribution in [1.82, 2.24) is 15.1 Å². The van der Waals surface area contributed by atoms with E-state index in [1.165, 1.54) is 12.1 Å². The molecule has 1 unspecified atom stereocenters. The molecule has 3 nitrogen and oxygen atoms in total. The fraction of sp³-hybridized carbons (Fsp3) is 0.700. The summed E-state index contributed by atoms with van der Waals surface area (Å²) in [7, 11) is 0. The third kappa shape index (κ3) is 1.73. The minimum absolute atomic E-state index is 0.442. The summed E-state index contributed by atoms with van der Waals surface area (Å²) in [5.74, 6) is 0.620. The van der Waals surface area contributed by atoms with Gasteiger partial charge in [0.15, 0.2) is 0 Å². The van der Waals surface area contributed by atoms with E-state index in [4.69, 9.17) is 0 Å². The van der Waals surface area contributed by atoms with Crippen molar-refractivity contribution in [2.75, 3.05) is 13.1 Å². The minimum atomic E-state index is 0.442. The van der Waals surface area contributed by atoms with Crippen LogP contribution in [0.1, 0.15) is 37.9 Å². The van der Waals surface area contributed by atoms with E-state index in [1.54, 1.807) is 0 Å². The molecule has 2 heterocycles. The van der Waals surface area contributed by atoms with E-state index in [0.29, 0.717) is 12.0 Å². The molecule has 1 saturated heterocycles. The molecule has 1 aliphatic rings. The summed E-state index contributed by atoms with van der Waals surface area (Å²) >= 11 is 3.58. The summed E-state index contributed by atoms with van der Waals surface area (Å²) in [6.45, 7) is 6.55. The number of aromatic nitrogens is 2. The molecule has 1 atom stereocenters. The summed E-state index contributed by atoms with van der Waals surface area (Å²) in [4.78, 5) is 0. The molecule has 4 heteroatoms. The van der Waals surface area contributed by atoms with Gasteiger partial charge in [-0.15, -0.1) is 0 Å². The van der Waals surface area contributed by atoms with Crippen LogP contribution in [0.15, 0.2) is 10.7 Å². The number of hydrogen-bond donors (Lipinski definition) is 1. The summed E-state index contributed by atoms with van der Waals surface area (Å²) in [5.41, 5.74) is 1.35. The van der Waals surface area contributed by atoms with Gasteiger partial charge in [0.25, 0.3) is 0 Å². The zero-order valence-corrected chi connectivity index (χ0v) is 10.2. The number of rotatable bonds is 2. The Balaban J connectivity index is 2.33. The largest absolute Gasteiger partial charge is 0.316 e. The van der Waals surface area contributed by atoms with Crippen molar-refractivity contribution in [2.45, 2.75) is 32.2 Å². The highest BCUT2D eigenvalue weighted by molar-refractivity contribution is 9.10. The lowest BCUT2D eigenvalue weighted by Gasteiger charge is -2.15. The average molecular weight is 258 g/mol. The molecule has 0 spiro atoms. The highest BCUT2D eigenvalue weighted by Crippen LogP contribution is 2.30. The summed E-state index contributed by atoms with van der Waals surface area (Å²) in [6.07, 6.45) is 3.13. The van der Waals surface area contributed by atoms with Gasteiger partial charge in [-0.05, 0) is 42.7 Å². The molecule has 1 aliphatic heterocycles. The molecule has 1 aromatic heterocycles. The molecule has 14 heavy (non-hydrogen) atoms. The Hall–Kier alpha value is -0.350. The van der Waals surface area contributed by atoms with Crippen molar-refractivity contribution < 1.29 is 0 Å². The summed E-state index contributed by atoms with van der Waals surface area (Å²) in [5, 5.41) is 7.79. The standard InChI is InChI=1S/C10H16BrN3/c1-7(2)14-10(9(11)6-13-14)8-3-4-12-5-8/h6-8,12H,3-5H2,1-2H3. The van der Waals surface area contributed by atoms with Crippen LogP contribution in [0, 0.1) is 0 Å². The van der Waals surface area contributed by atoms with Crippen LogP contribution in [-0.2, 0) is 0 Å². The highest BCUT2D eigenvalue weighted by atomic mass is 79.9. The third-order valence-corrected chi connectivity index (χ3v) is 3.33. The van der Waals surface area contributed by atoms with Crippen LogP contribution in [0.25, 0.3) is 0 Å². The zero-order valence-electron chi connectivity index (χ0n) is 8.63. The molecular formula is C10H16BrN3. The van der Waals surface area contributed by atoms with Gasteiger partial charge in [-0.2, -0.15) is 5.10 Å². The molecule has 1 fully saturated rings. The van der Waals surface area contributed by atoms with Crippen LogP contribution in [0.4, 0.5) is 0 Å². The molecular weight excluding hydrogens is 242 g/mol. The second-order valence-electron chi connectivity index (χ2n) is 4.11. The molecule has 0 aromatic carbocycles. The van der Waals surface area contributed by atoms with E-state index in [-0.39, 0.29) is 0 Å². The van der Waals surface area contributed by atoms with Gasteiger partial charge in [0, 0.05) is 18.5 Å². The van der Waals surface area contributed by atoms with Gasteiger partial charge in [-0.3, -0.25) is 4.68 Å². The predicted molar refractivity (Wildman–Crippen MR) is 60.5 cm³/mol. The molecule has 78 valence electrons. The van der Waals surface area contributed by atoms with E-state index in [2.05, 4.69) is 44.9 Å². The van der Waals surface area contributed by atoms with Gasteiger partial charge < -0.3 is 5.32 Å². The molecule has 0 aliphatic carbocycles. The Morgan fingerprint density at radius 1 is 1.64 bits per heavy atom. The van der Waals surface area contributed by atoms with Crippen LogP contribution in [0.2, 0.25) is 0 Å². The Kier molecular flexibility index (Phi) is 2.93. The van der Waals surface area contributed by atoms with Crippen molar-refractivity contribution in [3.63, 3.8) is 0 Å². The molecule has 0 amide bonds. The van der Waals surface area contributed by atoms with Gasteiger partial charge in [0.2, 0.25) is 0 Å². The lowest BCUT2D eigenvalue weighted by Crippen LogP contribution is -2.14. The maximum absolute atomic E-state index is 4.40. The van der Waals surface area contributed by atoms with Crippen molar-refractivity contribution in [2.24, 2.45) is 0 Å². The topological polar surface area (TPSA) is 29.9 Å².